The molecule has 6 nitrogen and oxygen atoms in total. The molecule has 29 heavy (non-hydrogen) atoms. The summed E-state index contributed by atoms with van der Waals surface area (Å²) in [6, 6.07) is 12.0. The van der Waals surface area contributed by atoms with Crippen LogP contribution in [0.15, 0.2) is 39.2 Å². The first-order valence-corrected chi connectivity index (χ1v) is 10.1. The lowest BCUT2D eigenvalue weighted by molar-refractivity contribution is 0.271. The third kappa shape index (κ3) is 4.45. The Morgan fingerprint density at radius 2 is 1.93 bits per heavy atom. The smallest absolute Gasteiger partial charge is 0.266 e. The summed E-state index contributed by atoms with van der Waals surface area (Å²) in [6.45, 7) is 4.43. The van der Waals surface area contributed by atoms with E-state index >= 15 is 0 Å². The lowest BCUT2D eigenvalue weighted by Gasteiger charge is -2.22. The molecule has 2 aromatic heterocycles. The Balaban J connectivity index is 1.44. The maximum absolute atomic E-state index is 9.40. The number of furan rings is 1. The molecule has 0 aliphatic heterocycles. The Morgan fingerprint density at radius 3 is 2.69 bits per heavy atom. The van der Waals surface area contributed by atoms with Gasteiger partial charge in [-0.05, 0) is 62.1 Å². The van der Waals surface area contributed by atoms with E-state index in [0.29, 0.717) is 35.9 Å². The number of nitrogens with one attached hydrogen (secondary N) is 1. The van der Waals surface area contributed by atoms with Crippen molar-refractivity contribution in [1.82, 2.24) is 4.98 Å². The van der Waals surface area contributed by atoms with Gasteiger partial charge in [-0.1, -0.05) is 25.3 Å². The summed E-state index contributed by atoms with van der Waals surface area (Å²) in [5, 5.41) is 12.7. The molecule has 1 aliphatic carbocycles. The molecule has 6 heteroatoms. The number of ether oxygens (including phenoxy) is 1. The molecule has 1 aromatic carbocycles. The van der Waals surface area contributed by atoms with Crippen LogP contribution in [0.4, 0.5) is 5.88 Å². The van der Waals surface area contributed by atoms with E-state index in [1.165, 1.54) is 30.4 Å². The first-order valence-electron chi connectivity index (χ1n) is 10.1. The number of anilines is 1. The Bertz CT molecular complexity index is 1020. The third-order valence-corrected chi connectivity index (χ3v) is 5.41. The minimum absolute atomic E-state index is 0.259. The maximum atomic E-state index is 9.40. The van der Waals surface area contributed by atoms with Gasteiger partial charge in [-0.25, -0.2) is 0 Å². The van der Waals surface area contributed by atoms with E-state index in [0.717, 1.165) is 18.6 Å². The highest BCUT2D eigenvalue weighted by atomic mass is 16.5. The van der Waals surface area contributed by atoms with Crippen molar-refractivity contribution in [2.75, 3.05) is 5.32 Å². The van der Waals surface area contributed by atoms with E-state index in [-0.39, 0.29) is 5.69 Å². The lowest BCUT2D eigenvalue weighted by Crippen LogP contribution is -2.22. The van der Waals surface area contributed by atoms with Crippen molar-refractivity contribution >= 4 is 5.88 Å². The molecule has 2 heterocycles. The predicted octanol–water partition coefficient (Wildman–Crippen LogP) is 5.75. The molecule has 0 amide bonds. The van der Waals surface area contributed by atoms with E-state index in [4.69, 9.17) is 13.6 Å². The van der Waals surface area contributed by atoms with Gasteiger partial charge < -0.3 is 18.9 Å². The summed E-state index contributed by atoms with van der Waals surface area (Å²) in [4.78, 5) is 4.29. The molecule has 0 spiro atoms. The standard InChI is InChI=1S/C23H25N3O3/c1-15-8-9-18(12-16(15)2)27-14-19-10-11-21(28-19)23-26-20(13-24)22(29-23)25-17-6-4-3-5-7-17/h8-12,17,25H,3-7,14H2,1-2H3. The van der Waals surface area contributed by atoms with Crippen molar-refractivity contribution in [3.05, 3.63) is 52.9 Å². The summed E-state index contributed by atoms with van der Waals surface area (Å²) in [7, 11) is 0. The second-order valence-electron chi connectivity index (χ2n) is 7.59. The van der Waals surface area contributed by atoms with Gasteiger partial charge in [-0.3, -0.25) is 0 Å². The van der Waals surface area contributed by atoms with Gasteiger partial charge in [0.25, 0.3) is 5.89 Å². The van der Waals surface area contributed by atoms with Gasteiger partial charge in [0.2, 0.25) is 11.6 Å². The molecule has 1 aliphatic rings. The molecule has 1 saturated carbocycles. The minimum Gasteiger partial charge on any atom is -0.486 e. The van der Waals surface area contributed by atoms with Crippen LogP contribution in [0.25, 0.3) is 11.7 Å². The topological polar surface area (TPSA) is 84.2 Å². The summed E-state index contributed by atoms with van der Waals surface area (Å²) < 4.78 is 17.5. The van der Waals surface area contributed by atoms with Gasteiger partial charge in [0.05, 0.1) is 0 Å². The zero-order valence-electron chi connectivity index (χ0n) is 16.8. The molecule has 0 bridgehead atoms. The van der Waals surface area contributed by atoms with Crippen molar-refractivity contribution < 1.29 is 13.6 Å². The van der Waals surface area contributed by atoms with Crippen LogP contribution in [0, 0.1) is 25.2 Å². The Labute approximate surface area is 170 Å². The fraction of sp³-hybridized carbons (Fsp3) is 0.391. The van der Waals surface area contributed by atoms with E-state index in [1.807, 2.05) is 24.3 Å². The average molecular weight is 391 g/mol. The lowest BCUT2D eigenvalue weighted by atomic mass is 9.95. The van der Waals surface area contributed by atoms with Crippen LogP contribution in [-0.4, -0.2) is 11.0 Å². The molecule has 150 valence electrons. The molecule has 4 rings (SSSR count). The number of oxazole rings is 1. The molecular formula is C23H25N3O3. The highest BCUT2D eigenvalue weighted by molar-refractivity contribution is 5.55. The summed E-state index contributed by atoms with van der Waals surface area (Å²) >= 11 is 0. The van der Waals surface area contributed by atoms with E-state index in [9.17, 15) is 5.26 Å². The predicted molar refractivity (Wildman–Crippen MR) is 110 cm³/mol. The van der Waals surface area contributed by atoms with Crippen LogP contribution in [-0.2, 0) is 6.61 Å². The number of nitriles is 1. The van der Waals surface area contributed by atoms with E-state index in [1.54, 1.807) is 6.07 Å². The molecule has 1 N–H and O–H groups in total. The molecular weight excluding hydrogens is 366 g/mol. The van der Waals surface area contributed by atoms with Crippen LogP contribution in [0.1, 0.15) is 54.7 Å². The number of benzene rings is 1. The number of aromatic nitrogens is 1. The molecule has 0 radical (unpaired) electrons. The zero-order valence-corrected chi connectivity index (χ0v) is 16.8. The average Bonchev–Trinajstić information content (AvgIpc) is 3.36. The number of hydrogen-bond donors (Lipinski definition) is 1. The van der Waals surface area contributed by atoms with Crippen LogP contribution in [0.2, 0.25) is 0 Å². The van der Waals surface area contributed by atoms with Crippen molar-refractivity contribution in [2.45, 2.75) is 58.6 Å². The minimum atomic E-state index is 0.259. The first kappa shape index (κ1) is 19.1. The number of aryl methyl sites for hydroxylation is 2. The highest BCUT2D eigenvalue weighted by Gasteiger charge is 2.21. The van der Waals surface area contributed by atoms with Gasteiger partial charge >= 0.3 is 0 Å². The van der Waals surface area contributed by atoms with Crippen LogP contribution < -0.4 is 10.1 Å². The zero-order chi connectivity index (χ0) is 20.2. The quantitative estimate of drug-likeness (QED) is 0.576. The van der Waals surface area contributed by atoms with Gasteiger partial charge in [0.15, 0.2) is 5.76 Å². The van der Waals surface area contributed by atoms with Crippen LogP contribution in [0.5, 0.6) is 5.75 Å². The highest BCUT2D eigenvalue weighted by Crippen LogP contribution is 2.30. The molecule has 1 fully saturated rings. The van der Waals surface area contributed by atoms with E-state index < -0.39 is 0 Å². The Kier molecular flexibility index (Phi) is 5.57. The largest absolute Gasteiger partial charge is 0.486 e. The maximum Gasteiger partial charge on any atom is 0.266 e. The fourth-order valence-electron chi connectivity index (χ4n) is 3.56. The summed E-state index contributed by atoms with van der Waals surface area (Å²) in [6.07, 6.45) is 5.83. The summed E-state index contributed by atoms with van der Waals surface area (Å²) in [5.41, 5.74) is 2.67. The number of nitrogens with zero attached hydrogens (tertiary/aromatic N) is 2. The van der Waals surface area contributed by atoms with Crippen molar-refractivity contribution in [1.29, 1.82) is 5.26 Å². The third-order valence-electron chi connectivity index (χ3n) is 5.41. The summed E-state index contributed by atoms with van der Waals surface area (Å²) in [5.74, 6) is 2.68. The second-order valence-corrected chi connectivity index (χ2v) is 7.59. The molecule has 0 saturated heterocycles. The molecule has 3 aromatic rings. The number of hydrogen-bond acceptors (Lipinski definition) is 6. The van der Waals surface area contributed by atoms with Gasteiger partial charge in [0, 0.05) is 6.04 Å². The second kappa shape index (κ2) is 8.44. The molecule has 0 unspecified atom stereocenters. The Hall–Kier alpha value is -3.20. The van der Waals surface area contributed by atoms with Crippen molar-refractivity contribution in [3.8, 4) is 23.5 Å². The monoisotopic (exact) mass is 391 g/mol. The normalized spacial score (nSPS) is 14.5. The Morgan fingerprint density at radius 1 is 1.10 bits per heavy atom. The van der Waals surface area contributed by atoms with Gasteiger partial charge in [-0.2, -0.15) is 10.2 Å². The van der Waals surface area contributed by atoms with Crippen LogP contribution >= 0.6 is 0 Å². The fourth-order valence-corrected chi connectivity index (χ4v) is 3.56. The molecule has 0 atom stereocenters. The van der Waals surface area contributed by atoms with E-state index in [2.05, 4.69) is 30.2 Å². The van der Waals surface area contributed by atoms with Crippen molar-refractivity contribution in [3.63, 3.8) is 0 Å². The first-order chi connectivity index (χ1) is 14.1. The van der Waals surface area contributed by atoms with Crippen molar-refractivity contribution in [2.24, 2.45) is 0 Å². The van der Waals surface area contributed by atoms with Crippen LogP contribution in [0.3, 0.4) is 0 Å². The van der Waals surface area contributed by atoms with Gasteiger partial charge in [0.1, 0.15) is 24.2 Å². The number of rotatable bonds is 6. The SMILES string of the molecule is Cc1ccc(OCc2ccc(-c3nc(C#N)c(NC4CCCCC4)o3)o2)cc1C. The van der Waals surface area contributed by atoms with Gasteiger partial charge in [-0.15, -0.1) is 0 Å².